The maximum Gasteiger partial charge on any atom is 0.265 e. The number of amides is 2. The van der Waals surface area contributed by atoms with Crippen LogP contribution in [0, 0.1) is 12.7 Å². The fourth-order valence-electron chi connectivity index (χ4n) is 3.76. The summed E-state index contributed by atoms with van der Waals surface area (Å²) in [5.41, 5.74) is 2.28. The number of aryl methyl sites for hydroxylation is 1. The number of carbonyl (C=O) groups is 2. The van der Waals surface area contributed by atoms with Crippen molar-refractivity contribution in [1.29, 1.82) is 0 Å². The van der Waals surface area contributed by atoms with Crippen LogP contribution in [-0.2, 0) is 9.53 Å². The minimum absolute atomic E-state index is 0.0492. The molecule has 0 saturated carbocycles. The van der Waals surface area contributed by atoms with Gasteiger partial charge < -0.3 is 14.5 Å². The first-order chi connectivity index (χ1) is 13.0. The van der Waals surface area contributed by atoms with Gasteiger partial charge in [-0.15, -0.1) is 11.3 Å². The number of piperidine rings is 1. The van der Waals surface area contributed by atoms with Crippen molar-refractivity contribution in [2.75, 3.05) is 31.1 Å². The van der Waals surface area contributed by atoms with Gasteiger partial charge in [0.2, 0.25) is 0 Å². The van der Waals surface area contributed by atoms with Crippen molar-refractivity contribution in [2.24, 2.45) is 0 Å². The van der Waals surface area contributed by atoms with Crippen molar-refractivity contribution in [2.45, 2.75) is 25.4 Å². The molecule has 2 aliphatic heterocycles. The highest BCUT2D eigenvalue weighted by Crippen LogP contribution is 2.33. The second-order valence-electron chi connectivity index (χ2n) is 7.03. The van der Waals surface area contributed by atoms with Crippen molar-refractivity contribution in [1.82, 2.24) is 9.88 Å². The highest BCUT2D eigenvalue weighted by atomic mass is 32.1. The summed E-state index contributed by atoms with van der Waals surface area (Å²) < 4.78 is 19.6. The smallest absolute Gasteiger partial charge is 0.265 e. The zero-order valence-corrected chi connectivity index (χ0v) is 15.8. The fraction of sp³-hybridized carbons (Fsp3) is 0.421. The number of ether oxygens (including phenoxy) is 1. The predicted octanol–water partition coefficient (Wildman–Crippen LogP) is 2.63. The molecular formula is C19H20FN3O3S. The van der Waals surface area contributed by atoms with E-state index in [1.54, 1.807) is 27.4 Å². The molecule has 2 aromatic rings. The van der Waals surface area contributed by atoms with Crippen molar-refractivity contribution >= 4 is 28.8 Å². The molecule has 1 atom stereocenters. The van der Waals surface area contributed by atoms with Crippen LogP contribution < -0.4 is 4.90 Å². The maximum atomic E-state index is 13.6. The first-order valence-electron chi connectivity index (χ1n) is 8.87. The molecular weight excluding hydrogens is 369 g/mol. The van der Waals surface area contributed by atoms with E-state index >= 15 is 0 Å². The first-order valence-corrected chi connectivity index (χ1v) is 9.75. The molecule has 1 aromatic heterocycles. The number of morpholine rings is 1. The van der Waals surface area contributed by atoms with Crippen LogP contribution in [0.15, 0.2) is 29.8 Å². The van der Waals surface area contributed by atoms with Gasteiger partial charge in [-0.1, -0.05) is 6.07 Å². The fourth-order valence-corrected chi connectivity index (χ4v) is 4.53. The molecule has 6 nitrogen and oxygen atoms in total. The lowest BCUT2D eigenvalue weighted by Crippen LogP contribution is -2.62. The summed E-state index contributed by atoms with van der Waals surface area (Å²) in [6, 6.07) is 6.00. The Hall–Kier alpha value is -2.32. The number of thiazole rings is 1. The van der Waals surface area contributed by atoms with Gasteiger partial charge in [-0.2, -0.15) is 0 Å². The molecule has 4 rings (SSSR count). The average molecular weight is 389 g/mol. The number of aromatic nitrogens is 1. The number of likely N-dealkylation sites (tertiary alicyclic amines) is 1. The van der Waals surface area contributed by atoms with Gasteiger partial charge in [0.15, 0.2) is 0 Å². The molecule has 2 fully saturated rings. The largest absolute Gasteiger partial charge is 0.361 e. The lowest BCUT2D eigenvalue weighted by Gasteiger charge is -2.47. The lowest BCUT2D eigenvalue weighted by molar-refractivity contribution is -0.144. The van der Waals surface area contributed by atoms with Crippen LogP contribution in [0.5, 0.6) is 0 Å². The Morgan fingerprint density at radius 3 is 2.96 bits per heavy atom. The van der Waals surface area contributed by atoms with Crippen molar-refractivity contribution in [3.05, 3.63) is 46.2 Å². The Morgan fingerprint density at radius 1 is 1.37 bits per heavy atom. The number of carbonyl (C=O) groups excluding carboxylic acids is 2. The summed E-state index contributed by atoms with van der Waals surface area (Å²) in [5.74, 6) is -0.637. The standard InChI is InChI=1S/C19H20FN3O3S/c1-13-17(27-12-21-13)18(25)22-7-3-6-19(10-22)11-23(16(24)9-26-19)15-5-2-4-14(20)8-15/h2,4-5,8,12H,3,6-7,9-11H2,1H3. The number of nitrogens with zero attached hydrogens (tertiary/aromatic N) is 3. The minimum Gasteiger partial charge on any atom is -0.361 e. The van der Waals surface area contributed by atoms with E-state index in [0.29, 0.717) is 30.2 Å². The molecule has 1 aromatic carbocycles. The first kappa shape index (κ1) is 18.1. The van der Waals surface area contributed by atoms with Crippen molar-refractivity contribution in [3.8, 4) is 0 Å². The van der Waals surface area contributed by atoms with E-state index in [1.807, 2.05) is 6.92 Å². The molecule has 0 bridgehead atoms. The summed E-state index contributed by atoms with van der Waals surface area (Å²) >= 11 is 1.34. The van der Waals surface area contributed by atoms with E-state index in [1.165, 1.54) is 23.5 Å². The van der Waals surface area contributed by atoms with Gasteiger partial charge in [-0.25, -0.2) is 9.37 Å². The molecule has 2 amide bonds. The van der Waals surface area contributed by atoms with Gasteiger partial charge in [0, 0.05) is 12.2 Å². The van der Waals surface area contributed by atoms with Gasteiger partial charge in [0.05, 0.1) is 24.3 Å². The van der Waals surface area contributed by atoms with Crippen LogP contribution in [-0.4, -0.2) is 53.5 Å². The van der Waals surface area contributed by atoms with E-state index in [4.69, 9.17) is 4.74 Å². The second-order valence-corrected chi connectivity index (χ2v) is 7.88. The van der Waals surface area contributed by atoms with Crippen LogP contribution in [0.1, 0.15) is 28.2 Å². The molecule has 0 N–H and O–H groups in total. The topological polar surface area (TPSA) is 62.7 Å². The molecule has 2 aliphatic rings. The highest BCUT2D eigenvalue weighted by Gasteiger charge is 2.44. The van der Waals surface area contributed by atoms with Gasteiger partial charge in [0.25, 0.3) is 11.8 Å². The van der Waals surface area contributed by atoms with Crippen LogP contribution in [0.4, 0.5) is 10.1 Å². The van der Waals surface area contributed by atoms with Gasteiger partial charge in [-0.05, 0) is 38.0 Å². The average Bonchev–Trinajstić information content (AvgIpc) is 3.09. The van der Waals surface area contributed by atoms with E-state index < -0.39 is 5.60 Å². The van der Waals surface area contributed by atoms with Crippen LogP contribution >= 0.6 is 11.3 Å². The highest BCUT2D eigenvalue weighted by molar-refractivity contribution is 7.11. The quantitative estimate of drug-likeness (QED) is 0.792. The molecule has 1 spiro atoms. The van der Waals surface area contributed by atoms with E-state index in [0.717, 1.165) is 18.5 Å². The summed E-state index contributed by atoms with van der Waals surface area (Å²) in [5, 5.41) is 0. The van der Waals surface area contributed by atoms with E-state index in [-0.39, 0.29) is 24.2 Å². The van der Waals surface area contributed by atoms with Crippen LogP contribution in [0.2, 0.25) is 0 Å². The number of hydrogen-bond acceptors (Lipinski definition) is 5. The van der Waals surface area contributed by atoms with Gasteiger partial charge in [0.1, 0.15) is 22.9 Å². The molecule has 1 unspecified atom stereocenters. The molecule has 142 valence electrons. The van der Waals surface area contributed by atoms with Gasteiger partial charge in [-0.3, -0.25) is 9.59 Å². The Labute approximate surface area is 160 Å². The maximum absolute atomic E-state index is 13.6. The summed E-state index contributed by atoms with van der Waals surface area (Å²) in [6.07, 6.45) is 1.53. The number of hydrogen-bond donors (Lipinski definition) is 0. The zero-order chi connectivity index (χ0) is 19.0. The molecule has 8 heteroatoms. The van der Waals surface area contributed by atoms with Crippen molar-refractivity contribution in [3.63, 3.8) is 0 Å². The minimum atomic E-state index is -0.632. The molecule has 0 aliphatic carbocycles. The number of benzene rings is 1. The normalized spacial score (nSPS) is 23.1. The lowest BCUT2D eigenvalue weighted by atomic mass is 9.90. The summed E-state index contributed by atoms with van der Waals surface area (Å²) in [4.78, 5) is 33.4. The third-order valence-corrected chi connectivity index (χ3v) is 6.05. The molecule has 3 heterocycles. The van der Waals surface area contributed by atoms with Gasteiger partial charge >= 0.3 is 0 Å². The third kappa shape index (κ3) is 3.46. The van der Waals surface area contributed by atoms with Crippen molar-refractivity contribution < 1.29 is 18.7 Å². The number of halogens is 1. The Morgan fingerprint density at radius 2 is 2.22 bits per heavy atom. The van der Waals surface area contributed by atoms with E-state index in [9.17, 15) is 14.0 Å². The number of rotatable bonds is 2. The Balaban J connectivity index is 1.56. The summed E-state index contributed by atoms with van der Waals surface area (Å²) in [7, 11) is 0. The number of anilines is 1. The Kier molecular flexibility index (Phi) is 4.69. The SMILES string of the molecule is Cc1ncsc1C(=O)N1CCCC2(C1)CN(c1cccc(F)c1)C(=O)CO2. The molecule has 2 saturated heterocycles. The monoisotopic (exact) mass is 389 g/mol. The molecule has 0 radical (unpaired) electrons. The van der Waals surface area contributed by atoms with Crippen LogP contribution in [0.3, 0.4) is 0 Å². The predicted molar refractivity (Wildman–Crippen MR) is 99.4 cm³/mol. The van der Waals surface area contributed by atoms with Crippen LogP contribution in [0.25, 0.3) is 0 Å². The van der Waals surface area contributed by atoms with E-state index in [2.05, 4.69) is 4.98 Å². The second kappa shape index (κ2) is 7.01. The zero-order valence-electron chi connectivity index (χ0n) is 15.0. The summed E-state index contributed by atoms with van der Waals surface area (Å²) in [6.45, 7) is 3.11. The third-order valence-electron chi connectivity index (χ3n) is 5.14. The Bertz CT molecular complexity index is 887. The molecule has 27 heavy (non-hydrogen) atoms.